The molecule has 0 N–H and O–H groups in total. The average Bonchev–Trinajstić information content (AvgIpc) is 3.88. The number of benzene rings is 6. The van der Waals surface area contributed by atoms with Crippen molar-refractivity contribution in [2.24, 2.45) is 5.92 Å². The van der Waals surface area contributed by atoms with Crippen molar-refractivity contribution in [3.8, 4) is 5.69 Å². The lowest BCUT2D eigenvalue weighted by molar-refractivity contribution is 0.554. The van der Waals surface area contributed by atoms with Gasteiger partial charge in [-0.05, 0) is 140 Å². The molecule has 4 aliphatic carbocycles. The second-order valence-corrected chi connectivity index (χ2v) is 18.1. The van der Waals surface area contributed by atoms with Crippen LogP contribution in [0.2, 0.25) is 0 Å². The first-order valence-corrected chi connectivity index (χ1v) is 23.4. The molecule has 0 bridgehead atoms. The first-order chi connectivity index (χ1) is 32.6. The summed E-state index contributed by atoms with van der Waals surface area (Å²) in [6, 6.07) is 51.1. The number of allylic oxidation sites excluding steroid dienone is 9. The summed E-state index contributed by atoms with van der Waals surface area (Å²) in [5.74, 6) is 0.279. The molecule has 0 fully saturated rings. The largest absolute Gasteiger partial charge is 0.337 e. The normalized spacial score (nSPS) is 21.9. The quantitative estimate of drug-likeness (QED) is 0.134. The lowest BCUT2D eigenvalue weighted by Crippen LogP contribution is -2.33. The predicted molar refractivity (Wildman–Crippen MR) is 269 cm³/mol. The molecule has 0 saturated carbocycles. The van der Waals surface area contributed by atoms with Gasteiger partial charge in [-0.15, -0.1) is 0 Å². The zero-order valence-corrected chi connectivity index (χ0v) is 36.7. The van der Waals surface area contributed by atoms with Gasteiger partial charge in [0.05, 0.1) is 29.2 Å². The van der Waals surface area contributed by atoms with Crippen LogP contribution in [-0.4, -0.2) is 22.7 Å². The maximum absolute atomic E-state index is 14.1. The van der Waals surface area contributed by atoms with E-state index in [0.717, 1.165) is 47.4 Å². The summed E-state index contributed by atoms with van der Waals surface area (Å²) in [4.78, 5) is 7.43. The smallest absolute Gasteiger partial charge is 0.123 e. The molecule has 0 radical (unpaired) electrons. The number of hydrogen-bond donors (Lipinski definition) is 0. The van der Waals surface area contributed by atoms with E-state index >= 15 is 0 Å². The summed E-state index contributed by atoms with van der Waals surface area (Å²) < 4.78 is 30.4. The van der Waals surface area contributed by atoms with Gasteiger partial charge in [0.1, 0.15) is 11.6 Å². The monoisotopic (exact) mass is 864 g/mol. The summed E-state index contributed by atoms with van der Waals surface area (Å²) >= 11 is 0. The van der Waals surface area contributed by atoms with Gasteiger partial charge < -0.3 is 19.3 Å². The number of nitrogens with zero attached hydrogens (tertiary/aromatic N) is 4. The van der Waals surface area contributed by atoms with Crippen molar-refractivity contribution in [2.75, 3.05) is 14.7 Å². The van der Waals surface area contributed by atoms with Crippen LogP contribution in [0, 0.1) is 11.7 Å². The van der Waals surface area contributed by atoms with Gasteiger partial charge in [-0.1, -0.05) is 109 Å². The number of anilines is 5. The molecule has 5 atom stereocenters. The highest BCUT2D eigenvalue weighted by Crippen LogP contribution is 2.49. The third-order valence-corrected chi connectivity index (χ3v) is 14.3. The molecule has 5 aliphatic rings. The zero-order valence-electron chi connectivity index (χ0n) is 36.7. The highest BCUT2D eigenvalue weighted by Gasteiger charge is 2.39. The number of fused-ring (bicyclic) bond motifs is 6. The van der Waals surface area contributed by atoms with E-state index in [9.17, 15) is 8.78 Å². The molecular weight excluding hydrogens is 815 g/mol. The van der Waals surface area contributed by atoms with Gasteiger partial charge in [-0.2, -0.15) is 0 Å². The van der Waals surface area contributed by atoms with Crippen LogP contribution in [0.5, 0.6) is 0 Å². The van der Waals surface area contributed by atoms with E-state index in [4.69, 9.17) is 0 Å². The molecule has 0 saturated heterocycles. The molecule has 324 valence electrons. The van der Waals surface area contributed by atoms with E-state index in [1.54, 1.807) is 6.08 Å². The summed E-state index contributed by atoms with van der Waals surface area (Å²) in [5.41, 5.74) is 12.9. The molecule has 0 amide bonds. The van der Waals surface area contributed by atoms with Crippen LogP contribution in [0.3, 0.4) is 0 Å². The molecule has 12 rings (SSSR count). The Morgan fingerprint density at radius 1 is 0.545 bits per heavy atom. The van der Waals surface area contributed by atoms with Crippen LogP contribution in [0.15, 0.2) is 230 Å². The Bertz CT molecular complexity index is 3190. The van der Waals surface area contributed by atoms with Gasteiger partial charge in [0.15, 0.2) is 0 Å². The molecule has 5 unspecified atom stereocenters. The highest BCUT2D eigenvalue weighted by molar-refractivity contribution is 6.10. The van der Waals surface area contributed by atoms with E-state index in [0.29, 0.717) is 18.8 Å². The SMILES string of the molecule is FC1=CC=C(N2c3ccc(N(c4ccccc4)C4C=CC(C5C=CC(N(c6ccccc6)c6ccc7c(c6)c6ccccc6n7-c6ccc(F)cc6)CC5)=CC4)cc3C3C=CC=CC32)CC1. The Balaban J connectivity index is 0.823. The lowest BCUT2D eigenvalue weighted by Gasteiger charge is -2.37. The molecule has 66 heavy (non-hydrogen) atoms. The number of para-hydroxylation sites is 3. The standard InChI is InChI=1S/C60H50F2N4/c61-43-23-31-49(32-24-43)65-57-17-9-7-15-53(57)55-39-51(35-37-59(55)65)63(45-11-3-1-4-12-45)47-27-19-41(20-28-47)42-21-29-48(30-22-42)64(46-13-5-2-6-14-46)52-36-38-60-56(40-52)54-16-8-10-18-58(54)66(60)50-33-25-44(62)26-34-50/h1-21,23,25-27,29,31,33-40,42,47-48,53,57H,22,24,28,30,32H2. The van der Waals surface area contributed by atoms with E-state index in [1.807, 2.05) is 18.2 Å². The Labute approximate surface area is 385 Å². The van der Waals surface area contributed by atoms with Crippen LogP contribution < -0.4 is 14.7 Å². The maximum Gasteiger partial charge on any atom is 0.123 e. The summed E-state index contributed by atoms with van der Waals surface area (Å²) in [6.45, 7) is 0. The fourth-order valence-electron chi connectivity index (χ4n) is 11.2. The Morgan fingerprint density at radius 3 is 1.98 bits per heavy atom. The van der Waals surface area contributed by atoms with Crippen molar-refractivity contribution in [3.63, 3.8) is 0 Å². The van der Waals surface area contributed by atoms with Crippen LogP contribution in [0.1, 0.15) is 43.6 Å². The Morgan fingerprint density at radius 2 is 1.26 bits per heavy atom. The number of hydrogen-bond acceptors (Lipinski definition) is 3. The summed E-state index contributed by atoms with van der Waals surface area (Å²) in [7, 11) is 0. The fourth-order valence-corrected chi connectivity index (χ4v) is 11.2. The van der Waals surface area contributed by atoms with Crippen LogP contribution in [0.25, 0.3) is 27.5 Å². The van der Waals surface area contributed by atoms with E-state index in [-0.39, 0.29) is 35.7 Å². The molecule has 1 aromatic heterocycles. The van der Waals surface area contributed by atoms with Crippen LogP contribution >= 0.6 is 0 Å². The summed E-state index contributed by atoms with van der Waals surface area (Å²) in [5, 5.41) is 2.34. The lowest BCUT2D eigenvalue weighted by atomic mass is 9.83. The molecule has 0 spiro atoms. The predicted octanol–water partition coefficient (Wildman–Crippen LogP) is 15.4. The maximum atomic E-state index is 14.1. The van der Waals surface area contributed by atoms with Crippen molar-refractivity contribution in [1.29, 1.82) is 0 Å². The first kappa shape index (κ1) is 40.1. The molecular formula is C60H50F2N4. The molecule has 6 heteroatoms. The first-order valence-electron chi connectivity index (χ1n) is 23.4. The Hall–Kier alpha value is -7.44. The number of halogens is 2. The highest BCUT2D eigenvalue weighted by atomic mass is 19.1. The van der Waals surface area contributed by atoms with Crippen LogP contribution in [-0.2, 0) is 0 Å². The van der Waals surface area contributed by atoms with E-state index < -0.39 is 0 Å². The molecule has 7 aromatic rings. The summed E-state index contributed by atoms with van der Waals surface area (Å²) in [6.07, 6.45) is 28.8. The Kier molecular flexibility index (Phi) is 10.2. The van der Waals surface area contributed by atoms with E-state index in [2.05, 4.69) is 195 Å². The number of rotatable bonds is 9. The topological polar surface area (TPSA) is 14.7 Å². The fraction of sp³-hybridized carbons (Fsp3) is 0.167. The van der Waals surface area contributed by atoms with Crippen molar-refractivity contribution in [1.82, 2.24) is 4.57 Å². The van der Waals surface area contributed by atoms with Gasteiger partial charge in [0.2, 0.25) is 0 Å². The third-order valence-electron chi connectivity index (χ3n) is 14.3. The molecule has 2 heterocycles. The van der Waals surface area contributed by atoms with Gasteiger partial charge in [0.25, 0.3) is 0 Å². The van der Waals surface area contributed by atoms with Crippen molar-refractivity contribution in [2.45, 2.75) is 56.1 Å². The minimum atomic E-state index is -0.239. The van der Waals surface area contributed by atoms with Crippen molar-refractivity contribution < 1.29 is 8.78 Å². The van der Waals surface area contributed by atoms with E-state index in [1.165, 1.54) is 56.8 Å². The van der Waals surface area contributed by atoms with Crippen molar-refractivity contribution in [3.05, 3.63) is 241 Å². The zero-order chi connectivity index (χ0) is 44.1. The second-order valence-electron chi connectivity index (χ2n) is 18.1. The van der Waals surface area contributed by atoms with Crippen molar-refractivity contribution >= 4 is 50.2 Å². The van der Waals surface area contributed by atoms with Gasteiger partial charge >= 0.3 is 0 Å². The van der Waals surface area contributed by atoms with Gasteiger partial charge in [0, 0.05) is 68.9 Å². The molecule has 4 nitrogen and oxygen atoms in total. The molecule has 6 aromatic carbocycles. The minimum absolute atomic E-state index is 0.0461. The third kappa shape index (κ3) is 7.12. The minimum Gasteiger partial charge on any atom is -0.337 e. The van der Waals surface area contributed by atoms with Crippen LogP contribution in [0.4, 0.5) is 37.2 Å². The second kappa shape index (κ2) is 16.8. The molecule has 1 aliphatic heterocycles. The number of aromatic nitrogens is 1. The van der Waals surface area contributed by atoms with Gasteiger partial charge in [-0.25, -0.2) is 8.78 Å². The van der Waals surface area contributed by atoms with Gasteiger partial charge in [-0.3, -0.25) is 0 Å². The average molecular weight is 865 g/mol.